The molecular formula is C17H16ClF2NO2. The van der Waals surface area contributed by atoms with Crippen LogP contribution in [0.4, 0.5) is 14.5 Å². The van der Waals surface area contributed by atoms with Gasteiger partial charge in [-0.1, -0.05) is 36.4 Å². The molecule has 1 amide bonds. The highest BCUT2D eigenvalue weighted by Gasteiger charge is 2.30. The molecule has 6 heteroatoms. The molecule has 0 atom stereocenters. The SMILES string of the molecule is CC(C)(C(=O)Nc1cccc(OC(F)(F)Cl)c1)c1ccccc1. The maximum absolute atomic E-state index is 12.7. The van der Waals surface area contributed by atoms with Crippen LogP contribution in [0.5, 0.6) is 5.75 Å². The van der Waals surface area contributed by atoms with E-state index in [9.17, 15) is 13.6 Å². The van der Waals surface area contributed by atoms with Crippen molar-refractivity contribution in [1.82, 2.24) is 0 Å². The van der Waals surface area contributed by atoms with Gasteiger partial charge in [0.05, 0.1) is 5.41 Å². The van der Waals surface area contributed by atoms with Crippen molar-refractivity contribution >= 4 is 23.2 Å². The van der Waals surface area contributed by atoms with Crippen molar-refractivity contribution < 1.29 is 18.3 Å². The molecule has 0 spiro atoms. The van der Waals surface area contributed by atoms with E-state index in [0.717, 1.165) is 5.56 Å². The third kappa shape index (κ3) is 4.66. The van der Waals surface area contributed by atoms with E-state index < -0.39 is 11.0 Å². The molecule has 0 saturated carbocycles. The monoisotopic (exact) mass is 339 g/mol. The lowest BCUT2D eigenvalue weighted by Crippen LogP contribution is -2.34. The number of hydrogen-bond acceptors (Lipinski definition) is 2. The van der Waals surface area contributed by atoms with Crippen LogP contribution in [-0.2, 0) is 10.2 Å². The molecular weight excluding hydrogens is 324 g/mol. The van der Waals surface area contributed by atoms with E-state index in [2.05, 4.69) is 10.1 Å². The molecule has 0 aliphatic heterocycles. The van der Waals surface area contributed by atoms with Gasteiger partial charge in [0, 0.05) is 23.4 Å². The second-order valence-electron chi connectivity index (χ2n) is 5.52. The number of anilines is 1. The van der Waals surface area contributed by atoms with Crippen molar-refractivity contribution in [2.75, 3.05) is 5.32 Å². The maximum atomic E-state index is 12.7. The van der Waals surface area contributed by atoms with Gasteiger partial charge < -0.3 is 10.1 Å². The first-order valence-electron chi connectivity index (χ1n) is 6.91. The van der Waals surface area contributed by atoms with E-state index in [1.165, 1.54) is 18.2 Å². The zero-order chi connectivity index (χ0) is 17.1. The summed E-state index contributed by atoms with van der Waals surface area (Å²) < 4.78 is 29.6. The number of nitrogens with one attached hydrogen (secondary N) is 1. The standard InChI is InChI=1S/C17H16ClF2NO2/c1-16(2,12-7-4-3-5-8-12)15(22)21-13-9-6-10-14(11-13)23-17(18,19)20/h3-11H,1-2H3,(H,21,22). The molecule has 0 unspecified atom stereocenters. The summed E-state index contributed by atoms with van der Waals surface area (Å²) in [5.74, 6) is -0.404. The summed E-state index contributed by atoms with van der Waals surface area (Å²) >= 11 is 4.74. The fraction of sp³-hybridized carbons (Fsp3) is 0.235. The number of hydrogen-bond donors (Lipinski definition) is 1. The zero-order valence-corrected chi connectivity index (χ0v) is 13.4. The summed E-state index contributed by atoms with van der Waals surface area (Å²) in [6, 6.07) is 15.0. The number of halogens is 3. The Labute approximate surface area is 138 Å². The molecule has 1 N–H and O–H groups in total. The molecule has 122 valence electrons. The Morgan fingerprint density at radius 2 is 1.74 bits per heavy atom. The lowest BCUT2D eigenvalue weighted by molar-refractivity contribution is -0.120. The molecule has 0 aromatic heterocycles. The van der Waals surface area contributed by atoms with Crippen LogP contribution in [-0.4, -0.2) is 11.5 Å². The quantitative estimate of drug-likeness (QED) is 0.797. The third-order valence-corrected chi connectivity index (χ3v) is 3.47. The Hall–Kier alpha value is -2.14. The number of alkyl halides is 3. The van der Waals surface area contributed by atoms with Gasteiger partial charge in [0.1, 0.15) is 5.75 Å². The molecule has 0 aliphatic rings. The van der Waals surface area contributed by atoms with Crippen LogP contribution < -0.4 is 10.1 Å². The number of ether oxygens (including phenoxy) is 1. The molecule has 3 nitrogen and oxygen atoms in total. The maximum Gasteiger partial charge on any atom is 0.487 e. The van der Waals surface area contributed by atoms with Crippen LogP contribution in [0.1, 0.15) is 19.4 Å². The fourth-order valence-electron chi connectivity index (χ4n) is 2.04. The Kier molecular flexibility index (Phi) is 4.90. The Balaban J connectivity index is 2.16. The molecule has 2 aromatic carbocycles. The average Bonchev–Trinajstić information content (AvgIpc) is 2.46. The molecule has 2 rings (SSSR count). The van der Waals surface area contributed by atoms with Crippen LogP contribution >= 0.6 is 11.6 Å². The summed E-state index contributed by atoms with van der Waals surface area (Å²) in [5, 5.41) is 2.70. The Bertz CT molecular complexity index is 684. The normalized spacial score (nSPS) is 11.9. The number of benzene rings is 2. The molecule has 23 heavy (non-hydrogen) atoms. The second-order valence-corrected chi connectivity index (χ2v) is 5.96. The lowest BCUT2D eigenvalue weighted by Gasteiger charge is -2.24. The van der Waals surface area contributed by atoms with Gasteiger partial charge in [-0.15, -0.1) is 8.78 Å². The Morgan fingerprint density at radius 3 is 2.35 bits per heavy atom. The van der Waals surface area contributed by atoms with E-state index in [1.807, 2.05) is 30.3 Å². The van der Waals surface area contributed by atoms with Crippen molar-refractivity contribution in [2.45, 2.75) is 24.8 Å². The van der Waals surface area contributed by atoms with Gasteiger partial charge in [-0.25, -0.2) is 0 Å². The molecule has 0 aliphatic carbocycles. The molecule has 0 saturated heterocycles. The number of carbonyl (C=O) groups excluding carboxylic acids is 1. The van der Waals surface area contributed by atoms with Gasteiger partial charge in [-0.3, -0.25) is 4.79 Å². The van der Waals surface area contributed by atoms with Crippen molar-refractivity contribution in [1.29, 1.82) is 0 Å². The minimum absolute atomic E-state index is 0.139. The van der Waals surface area contributed by atoms with Crippen molar-refractivity contribution in [3.8, 4) is 5.75 Å². The van der Waals surface area contributed by atoms with Crippen LogP contribution in [0.2, 0.25) is 0 Å². The number of amides is 1. The zero-order valence-electron chi connectivity index (χ0n) is 12.6. The number of carbonyl (C=O) groups is 1. The van der Waals surface area contributed by atoms with E-state index in [1.54, 1.807) is 19.9 Å². The Morgan fingerprint density at radius 1 is 1.09 bits per heavy atom. The summed E-state index contributed by atoms with van der Waals surface area (Å²) in [6.07, 6.45) is 0. The van der Waals surface area contributed by atoms with Crippen molar-refractivity contribution in [3.05, 3.63) is 60.2 Å². The summed E-state index contributed by atoms with van der Waals surface area (Å²) in [5.41, 5.74) is -3.39. The average molecular weight is 340 g/mol. The molecule has 0 radical (unpaired) electrons. The van der Waals surface area contributed by atoms with Gasteiger partial charge in [0.2, 0.25) is 5.91 Å². The smallest absolute Gasteiger partial charge is 0.420 e. The fourth-order valence-corrected chi connectivity index (χ4v) is 2.13. The largest absolute Gasteiger partial charge is 0.487 e. The second kappa shape index (κ2) is 6.54. The predicted molar refractivity (Wildman–Crippen MR) is 86.0 cm³/mol. The highest BCUT2D eigenvalue weighted by atomic mass is 35.5. The van der Waals surface area contributed by atoms with Crippen LogP contribution in [0.25, 0.3) is 0 Å². The predicted octanol–water partition coefficient (Wildman–Crippen LogP) is 4.77. The first-order valence-corrected chi connectivity index (χ1v) is 7.29. The molecule has 0 bridgehead atoms. The molecule has 0 heterocycles. The van der Waals surface area contributed by atoms with Gasteiger partial charge in [-0.2, -0.15) is 0 Å². The summed E-state index contributed by atoms with van der Waals surface area (Å²) in [7, 11) is 0. The molecule has 2 aromatic rings. The minimum Gasteiger partial charge on any atom is -0.420 e. The van der Waals surface area contributed by atoms with E-state index in [0.29, 0.717) is 5.69 Å². The van der Waals surface area contributed by atoms with Crippen molar-refractivity contribution in [3.63, 3.8) is 0 Å². The minimum atomic E-state index is -3.80. The van der Waals surface area contributed by atoms with Crippen molar-refractivity contribution in [2.24, 2.45) is 0 Å². The van der Waals surface area contributed by atoms with E-state index >= 15 is 0 Å². The van der Waals surface area contributed by atoms with E-state index in [-0.39, 0.29) is 11.7 Å². The van der Waals surface area contributed by atoms with E-state index in [4.69, 9.17) is 11.6 Å². The van der Waals surface area contributed by atoms with Crippen LogP contribution in [0, 0.1) is 0 Å². The van der Waals surface area contributed by atoms with Gasteiger partial charge in [-0.05, 0) is 31.5 Å². The van der Waals surface area contributed by atoms with Gasteiger partial charge >= 0.3 is 5.57 Å². The van der Waals surface area contributed by atoms with Crippen LogP contribution in [0.15, 0.2) is 54.6 Å². The van der Waals surface area contributed by atoms with Crippen LogP contribution in [0.3, 0.4) is 0 Å². The lowest BCUT2D eigenvalue weighted by atomic mass is 9.83. The first-order chi connectivity index (χ1) is 10.7. The topological polar surface area (TPSA) is 38.3 Å². The highest BCUT2D eigenvalue weighted by molar-refractivity contribution is 6.20. The van der Waals surface area contributed by atoms with Gasteiger partial charge in [0.15, 0.2) is 0 Å². The highest BCUT2D eigenvalue weighted by Crippen LogP contribution is 2.29. The number of rotatable bonds is 5. The summed E-state index contributed by atoms with van der Waals surface area (Å²) in [6.45, 7) is 3.57. The summed E-state index contributed by atoms with van der Waals surface area (Å²) in [4.78, 5) is 12.5. The third-order valence-electron chi connectivity index (χ3n) is 3.39. The first kappa shape index (κ1) is 17.2. The molecule has 0 fully saturated rings. The van der Waals surface area contributed by atoms with Gasteiger partial charge in [0.25, 0.3) is 0 Å².